The lowest BCUT2D eigenvalue weighted by Crippen LogP contribution is -2.57. The Kier molecular flexibility index (Phi) is 4.45. The molecule has 0 aromatic heterocycles. The topological polar surface area (TPSA) is 60.7 Å². The maximum Gasteiger partial charge on any atom is 0.115 e. The minimum atomic E-state index is -0.923. The monoisotopic (exact) mass is 318 g/mol. The number of fused-ring (bicyclic) bond motifs is 3. The van der Waals surface area contributed by atoms with Crippen LogP contribution in [0.3, 0.4) is 0 Å². The summed E-state index contributed by atoms with van der Waals surface area (Å²) in [6.07, 6.45) is 6.32. The van der Waals surface area contributed by atoms with Crippen LogP contribution in [0.25, 0.3) is 0 Å². The average Bonchev–Trinajstić information content (AvgIpc) is 2.54. The molecule has 0 saturated heterocycles. The summed E-state index contributed by atoms with van der Waals surface area (Å²) in [6, 6.07) is 5.69. The Hall–Kier alpha value is -1.06. The van der Waals surface area contributed by atoms with Crippen LogP contribution in [-0.2, 0) is 11.8 Å². The van der Waals surface area contributed by atoms with Crippen molar-refractivity contribution in [2.75, 3.05) is 0 Å². The molecule has 0 radical (unpaired) electrons. The lowest BCUT2D eigenvalue weighted by atomic mass is 9.52. The van der Waals surface area contributed by atoms with E-state index in [-0.39, 0.29) is 5.41 Å². The number of phenols is 1. The average molecular weight is 318 g/mol. The van der Waals surface area contributed by atoms with Crippen LogP contribution in [0.4, 0.5) is 0 Å². The molecule has 3 nitrogen and oxygen atoms in total. The van der Waals surface area contributed by atoms with E-state index in [1.165, 1.54) is 11.1 Å². The van der Waals surface area contributed by atoms with E-state index in [0.717, 1.165) is 32.1 Å². The first kappa shape index (κ1) is 16.8. The minimum absolute atomic E-state index is 0.0564. The summed E-state index contributed by atoms with van der Waals surface area (Å²) >= 11 is 0. The van der Waals surface area contributed by atoms with Crippen molar-refractivity contribution >= 4 is 0 Å². The van der Waals surface area contributed by atoms with Crippen LogP contribution in [-0.4, -0.2) is 27.0 Å². The number of aliphatic hydroxyl groups excluding tert-OH is 1. The Labute approximate surface area is 139 Å². The second kappa shape index (κ2) is 6.10. The van der Waals surface area contributed by atoms with E-state index in [0.29, 0.717) is 30.9 Å². The zero-order chi connectivity index (χ0) is 16.7. The first-order valence-corrected chi connectivity index (χ1v) is 9.18. The molecule has 0 aliphatic heterocycles. The van der Waals surface area contributed by atoms with E-state index in [2.05, 4.69) is 13.8 Å². The van der Waals surface area contributed by atoms with Gasteiger partial charge in [0, 0.05) is 5.41 Å². The molecular formula is C20H30O3. The largest absolute Gasteiger partial charge is 0.508 e. The van der Waals surface area contributed by atoms with Gasteiger partial charge in [-0.25, -0.2) is 0 Å². The van der Waals surface area contributed by atoms with Crippen molar-refractivity contribution < 1.29 is 15.3 Å². The molecule has 0 spiro atoms. The normalized spacial score (nSPS) is 36.3. The maximum absolute atomic E-state index is 11.0. The molecule has 0 amide bonds. The van der Waals surface area contributed by atoms with Crippen LogP contribution in [0.15, 0.2) is 18.2 Å². The van der Waals surface area contributed by atoms with Gasteiger partial charge in [-0.2, -0.15) is 0 Å². The highest BCUT2D eigenvalue weighted by atomic mass is 16.3. The van der Waals surface area contributed by atoms with Gasteiger partial charge < -0.3 is 15.3 Å². The second-order valence-corrected chi connectivity index (χ2v) is 7.72. The molecular weight excluding hydrogens is 288 g/mol. The number of benzene rings is 1. The summed E-state index contributed by atoms with van der Waals surface area (Å²) in [6.45, 7) is 4.32. The van der Waals surface area contributed by atoms with Gasteiger partial charge in [0.15, 0.2) is 0 Å². The third-order valence-corrected chi connectivity index (χ3v) is 6.54. The molecule has 3 N–H and O–H groups in total. The molecule has 2 aliphatic carbocycles. The number of phenolic OH excluding ortho intramolecular Hbond substituents is 1. The van der Waals surface area contributed by atoms with Gasteiger partial charge in [0.05, 0.1) is 11.7 Å². The fraction of sp³-hybridized carbons (Fsp3) is 0.700. The van der Waals surface area contributed by atoms with Crippen molar-refractivity contribution in [2.24, 2.45) is 5.92 Å². The van der Waals surface area contributed by atoms with Gasteiger partial charge in [-0.3, -0.25) is 0 Å². The summed E-state index contributed by atoms with van der Waals surface area (Å²) < 4.78 is 0. The van der Waals surface area contributed by atoms with E-state index in [1.54, 1.807) is 6.07 Å². The first-order valence-electron chi connectivity index (χ1n) is 9.18. The van der Waals surface area contributed by atoms with Gasteiger partial charge in [-0.1, -0.05) is 32.8 Å². The molecule has 23 heavy (non-hydrogen) atoms. The molecule has 128 valence electrons. The van der Waals surface area contributed by atoms with Gasteiger partial charge in [-0.15, -0.1) is 0 Å². The van der Waals surface area contributed by atoms with Crippen LogP contribution >= 0.6 is 0 Å². The molecule has 1 fully saturated rings. The highest BCUT2D eigenvalue weighted by Crippen LogP contribution is 2.55. The number of aromatic hydroxyl groups is 1. The van der Waals surface area contributed by atoms with Crippen LogP contribution in [0, 0.1) is 5.92 Å². The van der Waals surface area contributed by atoms with Crippen molar-refractivity contribution in [3.05, 3.63) is 29.3 Å². The fourth-order valence-electron chi connectivity index (χ4n) is 5.15. The number of aryl methyl sites for hydroxylation is 1. The SMILES string of the molecule is CCCCC1(O)C[C@H]2CCc3cc(O)ccc3C2(CC)CC1O. The van der Waals surface area contributed by atoms with Crippen molar-refractivity contribution in [3.63, 3.8) is 0 Å². The zero-order valence-electron chi connectivity index (χ0n) is 14.4. The Morgan fingerprint density at radius 3 is 2.70 bits per heavy atom. The van der Waals surface area contributed by atoms with Crippen LogP contribution in [0.1, 0.15) is 69.9 Å². The van der Waals surface area contributed by atoms with Gasteiger partial charge >= 0.3 is 0 Å². The van der Waals surface area contributed by atoms with Crippen LogP contribution < -0.4 is 0 Å². The molecule has 3 unspecified atom stereocenters. The Morgan fingerprint density at radius 2 is 2.00 bits per heavy atom. The molecule has 1 aromatic rings. The Bertz CT molecular complexity index is 570. The molecule has 2 aliphatic rings. The summed E-state index contributed by atoms with van der Waals surface area (Å²) in [7, 11) is 0. The van der Waals surface area contributed by atoms with E-state index in [4.69, 9.17) is 0 Å². The van der Waals surface area contributed by atoms with E-state index in [9.17, 15) is 15.3 Å². The molecule has 3 rings (SSSR count). The first-order chi connectivity index (χ1) is 10.9. The lowest BCUT2D eigenvalue weighted by Gasteiger charge is -2.55. The van der Waals surface area contributed by atoms with Crippen molar-refractivity contribution in [1.29, 1.82) is 0 Å². The molecule has 1 aromatic carbocycles. The van der Waals surface area contributed by atoms with Crippen molar-refractivity contribution in [3.8, 4) is 5.75 Å². The molecule has 4 atom stereocenters. The third-order valence-electron chi connectivity index (χ3n) is 6.54. The number of hydrogen-bond donors (Lipinski definition) is 3. The zero-order valence-corrected chi connectivity index (χ0v) is 14.4. The molecule has 0 bridgehead atoms. The standard InChI is InChI=1S/C20H30O3/c1-3-5-10-20(23)12-15-7-6-14-11-16(21)8-9-17(14)19(15,4-2)13-18(20)22/h8-9,11,15,18,21-23H,3-7,10,12-13H2,1-2H3/t15-,18?,19?,20?/m1/s1. The number of unbranched alkanes of at least 4 members (excludes halogenated alkanes) is 1. The summed E-state index contributed by atoms with van der Waals surface area (Å²) in [5.41, 5.74) is 1.52. The minimum Gasteiger partial charge on any atom is -0.508 e. The Morgan fingerprint density at radius 1 is 1.22 bits per heavy atom. The highest BCUT2D eigenvalue weighted by Gasteiger charge is 2.54. The van der Waals surface area contributed by atoms with E-state index in [1.807, 2.05) is 12.1 Å². The van der Waals surface area contributed by atoms with E-state index < -0.39 is 11.7 Å². The second-order valence-electron chi connectivity index (χ2n) is 7.72. The fourth-order valence-corrected chi connectivity index (χ4v) is 5.15. The summed E-state index contributed by atoms with van der Waals surface area (Å²) in [5, 5.41) is 31.6. The van der Waals surface area contributed by atoms with Crippen LogP contribution in [0.5, 0.6) is 5.75 Å². The van der Waals surface area contributed by atoms with Crippen LogP contribution in [0.2, 0.25) is 0 Å². The van der Waals surface area contributed by atoms with Gasteiger partial charge in [0.1, 0.15) is 5.75 Å². The van der Waals surface area contributed by atoms with Gasteiger partial charge in [0.2, 0.25) is 0 Å². The number of rotatable bonds is 4. The summed E-state index contributed by atoms with van der Waals surface area (Å²) in [5.74, 6) is 0.735. The number of hydrogen-bond acceptors (Lipinski definition) is 3. The lowest BCUT2D eigenvalue weighted by molar-refractivity contribution is -0.144. The van der Waals surface area contributed by atoms with E-state index >= 15 is 0 Å². The number of aliphatic hydroxyl groups is 2. The smallest absolute Gasteiger partial charge is 0.115 e. The third kappa shape index (κ3) is 2.68. The van der Waals surface area contributed by atoms with Gasteiger partial charge in [0.25, 0.3) is 0 Å². The maximum atomic E-state index is 11.0. The predicted molar refractivity (Wildman–Crippen MR) is 91.6 cm³/mol. The predicted octanol–water partition coefficient (Wildman–Crippen LogP) is 3.68. The van der Waals surface area contributed by atoms with Crippen molar-refractivity contribution in [1.82, 2.24) is 0 Å². The summed E-state index contributed by atoms with van der Waals surface area (Å²) in [4.78, 5) is 0. The Balaban J connectivity index is 1.96. The van der Waals surface area contributed by atoms with Crippen molar-refractivity contribution in [2.45, 2.75) is 82.3 Å². The highest BCUT2D eigenvalue weighted by molar-refractivity contribution is 5.43. The van der Waals surface area contributed by atoms with Gasteiger partial charge in [-0.05, 0) is 67.7 Å². The quantitative estimate of drug-likeness (QED) is 0.793. The molecule has 3 heteroatoms. The molecule has 1 saturated carbocycles. The molecule has 0 heterocycles.